The van der Waals surface area contributed by atoms with Gasteiger partial charge in [0.2, 0.25) is 5.90 Å². The molecule has 0 amide bonds. The van der Waals surface area contributed by atoms with Gasteiger partial charge < -0.3 is 9.47 Å². The van der Waals surface area contributed by atoms with Crippen LogP contribution in [0.4, 0.5) is 0 Å². The van der Waals surface area contributed by atoms with Crippen LogP contribution in [0.2, 0.25) is 0 Å². The molecule has 0 atom stereocenters. The van der Waals surface area contributed by atoms with Crippen LogP contribution in [0.3, 0.4) is 0 Å². The van der Waals surface area contributed by atoms with Crippen LogP contribution in [0.25, 0.3) is 6.08 Å². The van der Waals surface area contributed by atoms with Gasteiger partial charge in [-0.3, -0.25) is 4.79 Å². The molecule has 6 heteroatoms. The third-order valence-corrected chi connectivity index (χ3v) is 5.21. The summed E-state index contributed by atoms with van der Waals surface area (Å²) in [5.74, 6) is 0.0642. The van der Waals surface area contributed by atoms with Gasteiger partial charge in [0.05, 0.1) is 0 Å². The first-order chi connectivity index (χ1) is 13.3. The summed E-state index contributed by atoms with van der Waals surface area (Å²) in [6.07, 6.45) is 1.98. The van der Waals surface area contributed by atoms with Gasteiger partial charge in [0.15, 0.2) is 5.70 Å². The van der Waals surface area contributed by atoms with E-state index in [0.29, 0.717) is 12.2 Å². The second-order valence-electron chi connectivity index (χ2n) is 6.61. The molecule has 0 unspecified atom stereocenters. The van der Waals surface area contributed by atoms with E-state index in [9.17, 15) is 9.59 Å². The Balaban J connectivity index is 1.92. The Kier molecular flexibility index (Phi) is 5.79. The molecule has 1 aliphatic rings. The highest BCUT2D eigenvalue weighted by atomic mass is 79.9. The standard InChI is InChI=1S/C22H20BrNO4/c1-5-19(25)27-20-13(3)8-15(9-14(20)4)11-18-22(26)28-21(24-18)16-6-7-17(23)12(2)10-16/h6-11H,5H2,1-4H3/b18-11-. The molecule has 2 aromatic rings. The Morgan fingerprint density at radius 3 is 2.43 bits per heavy atom. The molecule has 0 N–H and O–H groups in total. The summed E-state index contributed by atoms with van der Waals surface area (Å²) >= 11 is 3.45. The predicted molar refractivity (Wildman–Crippen MR) is 111 cm³/mol. The van der Waals surface area contributed by atoms with Crippen LogP contribution in [0.5, 0.6) is 5.75 Å². The predicted octanol–water partition coefficient (Wildman–Crippen LogP) is 5.03. The summed E-state index contributed by atoms with van der Waals surface area (Å²) in [4.78, 5) is 28.2. The Bertz CT molecular complexity index is 1010. The highest BCUT2D eigenvalue weighted by Crippen LogP contribution is 2.28. The number of esters is 2. The van der Waals surface area contributed by atoms with E-state index in [4.69, 9.17) is 9.47 Å². The minimum Gasteiger partial charge on any atom is -0.426 e. The lowest BCUT2D eigenvalue weighted by molar-refractivity contribution is -0.134. The lowest BCUT2D eigenvalue weighted by Crippen LogP contribution is -2.08. The number of ether oxygens (including phenoxy) is 2. The van der Waals surface area contributed by atoms with E-state index in [-0.39, 0.29) is 17.6 Å². The maximum atomic E-state index is 12.3. The minimum absolute atomic E-state index is 0.229. The van der Waals surface area contributed by atoms with Gasteiger partial charge in [-0.2, -0.15) is 0 Å². The molecule has 1 heterocycles. The fraction of sp³-hybridized carbons (Fsp3) is 0.227. The molecule has 3 rings (SSSR count). The van der Waals surface area contributed by atoms with Crippen molar-refractivity contribution in [3.05, 3.63) is 68.3 Å². The zero-order valence-corrected chi connectivity index (χ0v) is 17.7. The molecule has 0 aliphatic carbocycles. The van der Waals surface area contributed by atoms with Crippen molar-refractivity contribution in [2.24, 2.45) is 4.99 Å². The van der Waals surface area contributed by atoms with Gasteiger partial charge in [-0.05, 0) is 79.4 Å². The number of carbonyl (C=O) groups is 2. The van der Waals surface area contributed by atoms with Crippen LogP contribution in [-0.2, 0) is 14.3 Å². The monoisotopic (exact) mass is 441 g/mol. The van der Waals surface area contributed by atoms with Crippen LogP contribution >= 0.6 is 15.9 Å². The highest BCUT2D eigenvalue weighted by molar-refractivity contribution is 9.10. The smallest absolute Gasteiger partial charge is 0.363 e. The SMILES string of the molecule is CCC(=O)Oc1c(C)cc(/C=C2\N=C(c3ccc(Br)c(C)c3)OC2=O)cc1C. The second kappa shape index (κ2) is 8.10. The minimum atomic E-state index is -0.493. The van der Waals surface area contributed by atoms with E-state index in [0.717, 1.165) is 32.3 Å². The molecule has 144 valence electrons. The number of benzene rings is 2. The van der Waals surface area contributed by atoms with Gasteiger partial charge in [-0.1, -0.05) is 22.9 Å². The first kappa shape index (κ1) is 20.0. The Labute approximate surface area is 172 Å². The van der Waals surface area contributed by atoms with Gasteiger partial charge in [0.1, 0.15) is 5.75 Å². The highest BCUT2D eigenvalue weighted by Gasteiger charge is 2.24. The normalized spacial score (nSPS) is 14.8. The number of nitrogens with zero attached hydrogens (tertiary/aromatic N) is 1. The van der Waals surface area contributed by atoms with Crippen molar-refractivity contribution in [1.29, 1.82) is 0 Å². The maximum Gasteiger partial charge on any atom is 0.363 e. The first-order valence-corrected chi connectivity index (χ1v) is 9.68. The lowest BCUT2D eigenvalue weighted by atomic mass is 10.0. The molecule has 0 fully saturated rings. The molecule has 5 nitrogen and oxygen atoms in total. The van der Waals surface area contributed by atoms with Crippen LogP contribution in [-0.4, -0.2) is 17.8 Å². The first-order valence-electron chi connectivity index (χ1n) is 8.89. The van der Waals surface area contributed by atoms with E-state index in [1.807, 2.05) is 51.1 Å². The molecule has 0 bridgehead atoms. The number of aliphatic imine (C=N–C) groups is 1. The van der Waals surface area contributed by atoms with Crippen molar-refractivity contribution in [3.8, 4) is 5.75 Å². The largest absolute Gasteiger partial charge is 0.426 e. The molecule has 28 heavy (non-hydrogen) atoms. The van der Waals surface area contributed by atoms with Gasteiger partial charge in [0, 0.05) is 16.5 Å². The van der Waals surface area contributed by atoms with Crippen LogP contribution in [0.1, 0.15) is 41.2 Å². The number of aryl methyl sites for hydroxylation is 3. The number of hydrogen-bond acceptors (Lipinski definition) is 5. The van der Waals surface area contributed by atoms with Crippen LogP contribution < -0.4 is 4.74 Å². The average Bonchev–Trinajstić information content (AvgIpc) is 3.00. The molecular weight excluding hydrogens is 422 g/mol. The zero-order chi connectivity index (χ0) is 20.4. The Hall–Kier alpha value is -2.73. The van der Waals surface area contributed by atoms with E-state index >= 15 is 0 Å². The van der Waals surface area contributed by atoms with Gasteiger partial charge in [-0.25, -0.2) is 9.79 Å². The third kappa shape index (κ3) is 4.22. The molecular formula is C22H20BrNO4. The summed E-state index contributed by atoms with van der Waals surface area (Å²) in [6, 6.07) is 9.35. The molecule has 0 radical (unpaired) electrons. The van der Waals surface area contributed by atoms with Crippen molar-refractivity contribution in [2.75, 3.05) is 0 Å². The third-order valence-electron chi connectivity index (χ3n) is 4.32. The summed E-state index contributed by atoms with van der Waals surface area (Å²) in [5.41, 5.74) is 4.41. The van der Waals surface area contributed by atoms with Crippen molar-refractivity contribution in [1.82, 2.24) is 0 Å². The van der Waals surface area contributed by atoms with Gasteiger partial charge in [-0.15, -0.1) is 0 Å². The molecule has 0 saturated carbocycles. The number of carbonyl (C=O) groups excluding carboxylic acids is 2. The van der Waals surface area contributed by atoms with E-state index in [1.165, 1.54) is 0 Å². The fourth-order valence-electron chi connectivity index (χ4n) is 2.88. The summed E-state index contributed by atoms with van der Waals surface area (Å²) < 4.78 is 11.7. The van der Waals surface area contributed by atoms with Crippen molar-refractivity contribution < 1.29 is 19.1 Å². The fourth-order valence-corrected chi connectivity index (χ4v) is 3.13. The second-order valence-corrected chi connectivity index (χ2v) is 7.47. The summed E-state index contributed by atoms with van der Waals surface area (Å²) in [7, 11) is 0. The van der Waals surface area contributed by atoms with Gasteiger partial charge >= 0.3 is 11.9 Å². The van der Waals surface area contributed by atoms with E-state index in [2.05, 4.69) is 20.9 Å². The van der Waals surface area contributed by atoms with E-state index < -0.39 is 5.97 Å². The maximum absolute atomic E-state index is 12.3. The molecule has 0 spiro atoms. The lowest BCUT2D eigenvalue weighted by Gasteiger charge is -2.11. The molecule has 0 aromatic heterocycles. The number of cyclic esters (lactones) is 1. The van der Waals surface area contributed by atoms with Crippen molar-refractivity contribution >= 4 is 39.8 Å². The van der Waals surface area contributed by atoms with E-state index in [1.54, 1.807) is 13.0 Å². The quantitative estimate of drug-likeness (QED) is 0.378. The summed E-state index contributed by atoms with van der Waals surface area (Å²) in [5, 5.41) is 0. The molecule has 1 aliphatic heterocycles. The summed E-state index contributed by atoms with van der Waals surface area (Å²) in [6.45, 7) is 7.43. The van der Waals surface area contributed by atoms with Crippen LogP contribution in [0.15, 0.2) is 45.5 Å². The Morgan fingerprint density at radius 2 is 1.82 bits per heavy atom. The number of hydrogen-bond donors (Lipinski definition) is 0. The number of halogens is 1. The van der Waals surface area contributed by atoms with Crippen LogP contribution in [0, 0.1) is 20.8 Å². The van der Waals surface area contributed by atoms with Crippen molar-refractivity contribution in [2.45, 2.75) is 34.1 Å². The topological polar surface area (TPSA) is 65.0 Å². The molecule has 2 aromatic carbocycles. The van der Waals surface area contributed by atoms with Gasteiger partial charge in [0.25, 0.3) is 0 Å². The van der Waals surface area contributed by atoms with Crippen molar-refractivity contribution in [3.63, 3.8) is 0 Å². The number of rotatable bonds is 4. The average molecular weight is 442 g/mol. The molecule has 0 saturated heterocycles. The zero-order valence-electron chi connectivity index (χ0n) is 16.1. The Morgan fingerprint density at radius 1 is 1.14 bits per heavy atom.